The number of hydrogen-bond acceptors (Lipinski definition) is 3. The van der Waals surface area contributed by atoms with Crippen molar-refractivity contribution in [2.24, 2.45) is 10.4 Å². The van der Waals surface area contributed by atoms with Gasteiger partial charge in [-0.1, -0.05) is 6.07 Å². The van der Waals surface area contributed by atoms with E-state index in [0.717, 1.165) is 43.7 Å². The molecule has 0 aromatic carbocycles. The molecule has 21 heavy (non-hydrogen) atoms. The van der Waals surface area contributed by atoms with Crippen molar-refractivity contribution in [3.8, 4) is 0 Å². The maximum Gasteiger partial charge on any atom is 0.193 e. The summed E-state index contributed by atoms with van der Waals surface area (Å²) in [5, 5.41) is 3.43. The summed E-state index contributed by atoms with van der Waals surface area (Å²) in [6.07, 6.45) is 2.39. The van der Waals surface area contributed by atoms with Gasteiger partial charge in [0, 0.05) is 37.9 Å². The molecule has 1 aromatic rings. The van der Waals surface area contributed by atoms with Crippen LogP contribution >= 0.6 is 0 Å². The molecule has 0 aliphatic carbocycles. The van der Waals surface area contributed by atoms with E-state index >= 15 is 0 Å². The zero-order valence-corrected chi connectivity index (χ0v) is 12.9. The van der Waals surface area contributed by atoms with Crippen molar-refractivity contribution in [2.75, 3.05) is 33.4 Å². The first kappa shape index (κ1) is 14.3. The Bertz CT molecular complexity index is 523. The molecule has 5 heteroatoms. The average Bonchev–Trinajstić information content (AvgIpc) is 3.11. The number of aliphatic imine (C=N–C) groups is 1. The van der Waals surface area contributed by atoms with Crippen LogP contribution in [0.4, 0.5) is 0 Å². The molecule has 2 fully saturated rings. The Hall–Kier alpha value is -1.62. The molecular formula is C16H24N4O. The third-order valence-corrected chi connectivity index (χ3v) is 4.51. The summed E-state index contributed by atoms with van der Waals surface area (Å²) in [6.45, 7) is 6.65. The molecule has 3 heterocycles. The van der Waals surface area contributed by atoms with Crippen LogP contribution < -0.4 is 5.32 Å². The molecule has 1 N–H and O–H groups in total. The normalized spacial score (nSPS) is 25.8. The molecule has 2 aliphatic rings. The van der Waals surface area contributed by atoms with Gasteiger partial charge in [-0.2, -0.15) is 0 Å². The van der Waals surface area contributed by atoms with E-state index < -0.39 is 0 Å². The molecule has 2 saturated heterocycles. The third-order valence-electron chi connectivity index (χ3n) is 4.51. The van der Waals surface area contributed by atoms with Crippen LogP contribution in [-0.4, -0.2) is 49.2 Å². The summed E-state index contributed by atoms with van der Waals surface area (Å²) in [5.74, 6) is 0.974. The van der Waals surface area contributed by atoms with Crippen LogP contribution in [0.2, 0.25) is 0 Å². The lowest BCUT2D eigenvalue weighted by Gasteiger charge is -2.24. The predicted molar refractivity (Wildman–Crippen MR) is 83.2 cm³/mol. The summed E-state index contributed by atoms with van der Waals surface area (Å²) >= 11 is 0. The lowest BCUT2D eigenvalue weighted by molar-refractivity contribution is 0.156. The van der Waals surface area contributed by atoms with E-state index in [9.17, 15) is 0 Å². The number of aromatic nitrogens is 1. The molecule has 1 atom stereocenters. The Kier molecular flexibility index (Phi) is 4.10. The number of likely N-dealkylation sites (tertiary alicyclic amines) is 1. The van der Waals surface area contributed by atoms with Crippen LogP contribution in [0.5, 0.6) is 0 Å². The molecule has 5 nitrogen and oxygen atoms in total. The number of nitrogens with zero attached hydrogens (tertiary/aromatic N) is 3. The molecule has 114 valence electrons. The quantitative estimate of drug-likeness (QED) is 0.663. The van der Waals surface area contributed by atoms with Gasteiger partial charge >= 0.3 is 0 Å². The number of ether oxygens (including phenoxy) is 1. The minimum atomic E-state index is 0.360. The average molecular weight is 288 g/mol. The Morgan fingerprint density at radius 3 is 3.10 bits per heavy atom. The standard InChI is InChI=1S/C16H24N4O/c1-13-4-3-5-14(19-13)10-18-15(17-2)20-8-6-16(11-20)7-9-21-12-16/h3-5H,6-12H2,1-2H3,(H,17,18). The van der Waals surface area contributed by atoms with Crippen molar-refractivity contribution in [1.82, 2.24) is 15.2 Å². The van der Waals surface area contributed by atoms with Gasteiger partial charge in [0.05, 0.1) is 18.8 Å². The largest absolute Gasteiger partial charge is 0.381 e. The van der Waals surface area contributed by atoms with Gasteiger partial charge in [0.2, 0.25) is 0 Å². The van der Waals surface area contributed by atoms with Gasteiger partial charge in [-0.15, -0.1) is 0 Å². The summed E-state index contributed by atoms with van der Waals surface area (Å²) < 4.78 is 5.59. The summed E-state index contributed by atoms with van der Waals surface area (Å²) in [6, 6.07) is 6.11. The Morgan fingerprint density at radius 1 is 1.48 bits per heavy atom. The van der Waals surface area contributed by atoms with Gasteiger partial charge in [0.1, 0.15) is 0 Å². The lowest BCUT2D eigenvalue weighted by Crippen LogP contribution is -2.41. The zero-order chi connectivity index (χ0) is 14.7. The van der Waals surface area contributed by atoms with Crippen molar-refractivity contribution < 1.29 is 4.74 Å². The maximum atomic E-state index is 5.59. The number of pyridine rings is 1. The van der Waals surface area contributed by atoms with Crippen LogP contribution in [0.1, 0.15) is 24.2 Å². The minimum absolute atomic E-state index is 0.360. The van der Waals surface area contributed by atoms with E-state index in [1.807, 2.05) is 32.2 Å². The smallest absolute Gasteiger partial charge is 0.193 e. The fourth-order valence-corrected chi connectivity index (χ4v) is 3.29. The van der Waals surface area contributed by atoms with Crippen molar-refractivity contribution >= 4 is 5.96 Å². The number of hydrogen-bond donors (Lipinski definition) is 1. The number of nitrogens with one attached hydrogen (secondary N) is 1. The van der Waals surface area contributed by atoms with Gasteiger partial charge in [-0.25, -0.2) is 0 Å². The minimum Gasteiger partial charge on any atom is -0.381 e. The van der Waals surface area contributed by atoms with E-state index in [4.69, 9.17) is 4.74 Å². The highest BCUT2D eigenvalue weighted by molar-refractivity contribution is 5.80. The predicted octanol–water partition coefficient (Wildman–Crippen LogP) is 1.58. The van der Waals surface area contributed by atoms with E-state index in [1.54, 1.807) is 0 Å². The SMILES string of the molecule is CN=C(NCc1cccc(C)n1)N1CCC2(CCOC2)C1. The zero-order valence-electron chi connectivity index (χ0n) is 12.9. The second kappa shape index (κ2) is 6.02. The molecule has 2 aliphatic heterocycles. The second-order valence-corrected chi connectivity index (χ2v) is 6.15. The molecule has 0 saturated carbocycles. The monoisotopic (exact) mass is 288 g/mol. The number of guanidine groups is 1. The number of aryl methyl sites for hydroxylation is 1. The lowest BCUT2D eigenvalue weighted by atomic mass is 9.87. The Labute approximate surface area is 126 Å². The van der Waals surface area contributed by atoms with Crippen LogP contribution in [0.3, 0.4) is 0 Å². The summed E-state index contributed by atoms with van der Waals surface area (Å²) in [4.78, 5) is 11.3. The first-order valence-electron chi connectivity index (χ1n) is 7.67. The summed E-state index contributed by atoms with van der Waals surface area (Å²) in [5.41, 5.74) is 2.46. The van der Waals surface area contributed by atoms with Gasteiger partial charge < -0.3 is 15.0 Å². The van der Waals surface area contributed by atoms with E-state index in [1.165, 1.54) is 12.8 Å². The molecule has 0 bridgehead atoms. The maximum absolute atomic E-state index is 5.59. The highest BCUT2D eigenvalue weighted by atomic mass is 16.5. The van der Waals surface area contributed by atoms with E-state index in [-0.39, 0.29) is 0 Å². The highest BCUT2D eigenvalue weighted by Crippen LogP contribution is 2.38. The van der Waals surface area contributed by atoms with Crippen molar-refractivity contribution in [3.05, 3.63) is 29.6 Å². The fraction of sp³-hybridized carbons (Fsp3) is 0.625. The van der Waals surface area contributed by atoms with Crippen molar-refractivity contribution in [3.63, 3.8) is 0 Å². The molecule has 0 amide bonds. The van der Waals surface area contributed by atoms with Crippen LogP contribution in [-0.2, 0) is 11.3 Å². The molecule has 3 rings (SSSR count). The van der Waals surface area contributed by atoms with Crippen LogP contribution in [0, 0.1) is 12.3 Å². The highest BCUT2D eigenvalue weighted by Gasteiger charge is 2.42. The van der Waals surface area contributed by atoms with Gasteiger partial charge in [-0.05, 0) is 31.9 Å². The van der Waals surface area contributed by atoms with Crippen LogP contribution in [0.15, 0.2) is 23.2 Å². The van der Waals surface area contributed by atoms with Crippen LogP contribution in [0.25, 0.3) is 0 Å². The van der Waals surface area contributed by atoms with Gasteiger partial charge in [0.15, 0.2) is 5.96 Å². The fourth-order valence-electron chi connectivity index (χ4n) is 3.29. The van der Waals surface area contributed by atoms with Gasteiger partial charge in [0.25, 0.3) is 0 Å². The van der Waals surface area contributed by atoms with E-state index in [2.05, 4.69) is 20.2 Å². The molecule has 1 unspecified atom stereocenters. The first-order valence-corrected chi connectivity index (χ1v) is 7.67. The van der Waals surface area contributed by atoms with Crippen molar-refractivity contribution in [2.45, 2.75) is 26.3 Å². The van der Waals surface area contributed by atoms with Gasteiger partial charge in [-0.3, -0.25) is 9.98 Å². The topological polar surface area (TPSA) is 49.8 Å². The summed E-state index contributed by atoms with van der Waals surface area (Å²) in [7, 11) is 1.85. The number of rotatable bonds is 2. The second-order valence-electron chi connectivity index (χ2n) is 6.15. The molecule has 1 spiro atoms. The molecule has 1 aromatic heterocycles. The molecular weight excluding hydrogens is 264 g/mol. The van der Waals surface area contributed by atoms with E-state index in [0.29, 0.717) is 12.0 Å². The first-order chi connectivity index (χ1) is 10.2. The Morgan fingerprint density at radius 2 is 2.38 bits per heavy atom. The van der Waals surface area contributed by atoms with Crippen molar-refractivity contribution in [1.29, 1.82) is 0 Å². The third kappa shape index (κ3) is 3.18. The molecule has 0 radical (unpaired) electrons. The Balaban J connectivity index is 1.59.